The number of hydrogen-bond donors (Lipinski definition) is 1. The van der Waals surface area contributed by atoms with Crippen molar-refractivity contribution in [2.75, 3.05) is 19.6 Å². The summed E-state index contributed by atoms with van der Waals surface area (Å²) >= 11 is 0. The van der Waals surface area contributed by atoms with Crippen LogP contribution in [0.25, 0.3) is 0 Å². The van der Waals surface area contributed by atoms with E-state index in [0.717, 1.165) is 26.1 Å². The van der Waals surface area contributed by atoms with E-state index in [-0.39, 0.29) is 6.04 Å². The summed E-state index contributed by atoms with van der Waals surface area (Å²) < 4.78 is 27.4. The van der Waals surface area contributed by atoms with Crippen molar-refractivity contribution in [3.8, 4) is 0 Å². The third-order valence-electron chi connectivity index (χ3n) is 5.14. The van der Waals surface area contributed by atoms with E-state index in [1.807, 2.05) is 6.92 Å². The molecule has 0 amide bonds. The quantitative estimate of drug-likeness (QED) is 0.918. The van der Waals surface area contributed by atoms with Gasteiger partial charge < -0.3 is 5.32 Å². The van der Waals surface area contributed by atoms with Gasteiger partial charge in [0, 0.05) is 24.2 Å². The Hall–Kier alpha value is -1.00. The van der Waals surface area contributed by atoms with Crippen molar-refractivity contribution >= 4 is 0 Å². The molecule has 2 heterocycles. The zero-order valence-electron chi connectivity index (χ0n) is 12.6. The Balaban J connectivity index is 1.71. The highest BCUT2D eigenvalue weighted by atomic mass is 19.2. The van der Waals surface area contributed by atoms with Gasteiger partial charge in [0.1, 0.15) is 0 Å². The molecule has 21 heavy (non-hydrogen) atoms. The van der Waals surface area contributed by atoms with E-state index in [4.69, 9.17) is 0 Å². The average Bonchev–Trinajstić information content (AvgIpc) is 3.04. The van der Waals surface area contributed by atoms with Crippen LogP contribution in [-0.4, -0.2) is 30.6 Å². The lowest BCUT2D eigenvalue weighted by Gasteiger charge is -2.39. The van der Waals surface area contributed by atoms with E-state index >= 15 is 0 Å². The second-order valence-corrected chi connectivity index (χ2v) is 6.42. The van der Waals surface area contributed by atoms with Gasteiger partial charge in [-0.05, 0) is 57.7 Å². The van der Waals surface area contributed by atoms with Crippen LogP contribution in [0.15, 0.2) is 18.2 Å². The SMILES string of the molecule is CC(c1cccc(F)c1F)N1CCCC(C2CCCN2)C1. The predicted molar refractivity (Wildman–Crippen MR) is 80.1 cm³/mol. The number of hydrogen-bond acceptors (Lipinski definition) is 2. The molecule has 1 aromatic rings. The Kier molecular flexibility index (Phi) is 4.55. The summed E-state index contributed by atoms with van der Waals surface area (Å²) in [7, 11) is 0. The van der Waals surface area contributed by atoms with Crippen LogP contribution in [0.5, 0.6) is 0 Å². The minimum Gasteiger partial charge on any atom is -0.314 e. The van der Waals surface area contributed by atoms with Crippen molar-refractivity contribution in [3.63, 3.8) is 0 Å². The molecule has 2 fully saturated rings. The zero-order valence-corrected chi connectivity index (χ0v) is 12.6. The molecule has 4 heteroatoms. The molecule has 2 aliphatic rings. The van der Waals surface area contributed by atoms with Crippen LogP contribution in [0.2, 0.25) is 0 Å². The van der Waals surface area contributed by atoms with Crippen LogP contribution in [0, 0.1) is 17.6 Å². The lowest BCUT2D eigenvalue weighted by molar-refractivity contribution is 0.112. The van der Waals surface area contributed by atoms with Crippen LogP contribution >= 0.6 is 0 Å². The van der Waals surface area contributed by atoms with Crippen LogP contribution in [-0.2, 0) is 0 Å². The van der Waals surface area contributed by atoms with Crippen LogP contribution in [0.3, 0.4) is 0 Å². The van der Waals surface area contributed by atoms with E-state index in [9.17, 15) is 8.78 Å². The largest absolute Gasteiger partial charge is 0.314 e. The number of nitrogens with one attached hydrogen (secondary N) is 1. The maximum Gasteiger partial charge on any atom is 0.163 e. The van der Waals surface area contributed by atoms with E-state index in [2.05, 4.69) is 10.2 Å². The van der Waals surface area contributed by atoms with Gasteiger partial charge >= 0.3 is 0 Å². The summed E-state index contributed by atoms with van der Waals surface area (Å²) in [5.41, 5.74) is 0.482. The highest BCUT2D eigenvalue weighted by Gasteiger charge is 2.31. The molecule has 3 unspecified atom stereocenters. The standard InChI is InChI=1S/C17H24F2N2/c1-12(14-6-2-7-15(18)17(14)19)21-10-4-5-13(11-21)16-8-3-9-20-16/h2,6-7,12-13,16,20H,3-5,8-11H2,1H3. The van der Waals surface area contributed by atoms with E-state index in [0.29, 0.717) is 17.5 Å². The molecule has 0 radical (unpaired) electrons. The second-order valence-electron chi connectivity index (χ2n) is 6.42. The van der Waals surface area contributed by atoms with Crippen LogP contribution < -0.4 is 5.32 Å². The maximum atomic E-state index is 14.0. The third-order valence-corrected chi connectivity index (χ3v) is 5.14. The fourth-order valence-corrected chi connectivity index (χ4v) is 3.87. The first-order chi connectivity index (χ1) is 10.2. The molecule has 3 rings (SSSR count). The molecule has 3 atom stereocenters. The fraction of sp³-hybridized carbons (Fsp3) is 0.647. The summed E-state index contributed by atoms with van der Waals surface area (Å²) in [5.74, 6) is -0.795. The van der Waals surface area contributed by atoms with Crippen molar-refractivity contribution in [2.24, 2.45) is 5.92 Å². The minimum absolute atomic E-state index is 0.0649. The van der Waals surface area contributed by atoms with Gasteiger partial charge in [-0.1, -0.05) is 12.1 Å². The highest BCUT2D eigenvalue weighted by molar-refractivity contribution is 5.22. The molecule has 0 bridgehead atoms. The second kappa shape index (κ2) is 6.41. The fourth-order valence-electron chi connectivity index (χ4n) is 3.87. The Morgan fingerprint density at radius 3 is 2.86 bits per heavy atom. The monoisotopic (exact) mass is 294 g/mol. The molecule has 0 spiro atoms. The van der Waals surface area contributed by atoms with Gasteiger partial charge in [-0.25, -0.2) is 8.78 Å². The first-order valence-electron chi connectivity index (χ1n) is 8.08. The molecule has 2 aliphatic heterocycles. The maximum absolute atomic E-state index is 14.0. The van der Waals surface area contributed by atoms with Gasteiger partial charge in [-0.2, -0.15) is 0 Å². The smallest absolute Gasteiger partial charge is 0.163 e. The first kappa shape index (κ1) is 14.9. The number of benzene rings is 1. The molecule has 116 valence electrons. The van der Waals surface area contributed by atoms with Gasteiger partial charge in [-0.15, -0.1) is 0 Å². The van der Waals surface area contributed by atoms with Crippen molar-refractivity contribution in [1.82, 2.24) is 10.2 Å². The average molecular weight is 294 g/mol. The molecule has 1 N–H and O–H groups in total. The number of nitrogens with zero attached hydrogens (tertiary/aromatic N) is 1. The summed E-state index contributed by atoms with van der Waals surface area (Å²) in [6, 6.07) is 5.04. The molecular weight excluding hydrogens is 270 g/mol. The van der Waals surface area contributed by atoms with E-state index < -0.39 is 11.6 Å². The Bertz CT molecular complexity index is 486. The number of rotatable bonds is 3. The van der Waals surface area contributed by atoms with E-state index in [1.165, 1.54) is 25.3 Å². The lowest BCUT2D eigenvalue weighted by atomic mass is 9.88. The van der Waals surface area contributed by atoms with Gasteiger partial charge in [-0.3, -0.25) is 4.90 Å². The van der Waals surface area contributed by atoms with Crippen molar-refractivity contribution in [1.29, 1.82) is 0 Å². The van der Waals surface area contributed by atoms with E-state index in [1.54, 1.807) is 12.1 Å². The Morgan fingerprint density at radius 2 is 2.10 bits per heavy atom. The minimum atomic E-state index is -0.745. The topological polar surface area (TPSA) is 15.3 Å². The van der Waals surface area contributed by atoms with Crippen LogP contribution in [0.4, 0.5) is 8.78 Å². The molecular formula is C17H24F2N2. The predicted octanol–water partition coefficient (Wildman–Crippen LogP) is 3.49. The van der Waals surface area contributed by atoms with Crippen LogP contribution in [0.1, 0.15) is 44.2 Å². The number of piperidine rings is 1. The van der Waals surface area contributed by atoms with Crippen molar-refractivity contribution < 1.29 is 8.78 Å². The summed E-state index contributed by atoms with van der Waals surface area (Å²) in [5, 5.41) is 3.59. The third kappa shape index (κ3) is 3.11. The normalized spacial score (nSPS) is 28.7. The Labute approximate surface area is 125 Å². The van der Waals surface area contributed by atoms with Gasteiger partial charge in [0.2, 0.25) is 0 Å². The molecule has 0 saturated carbocycles. The lowest BCUT2D eigenvalue weighted by Crippen LogP contribution is -2.44. The summed E-state index contributed by atoms with van der Waals surface area (Å²) in [4.78, 5) is 2.31. The molecule has 0 aromatic heterocycles. The van der Waals surface area contributed by atoms with Gasteiger partial charge in [0.25, 0.3) is 0 Å². The zero-order chi connectivity index (χ0) is 14.8. The van der Waals surface area contributed by atoms with Gasteiger partial charge in [0.15, 0.2) is 11.6 Å². The molecule has 2 saturated heterocycles. The summed E-state index contributed by atoms with van der Waals surface area (Å²) in [6.07, 6.45) is 4.90. The van der Waals surface area contributed by atoms with Gasteiger partial charge in [0.05, 0.1) is 0 Å². The summed E-state index contributed by atoms with van der Waals surface area (Å²) in [6.45, 7) is 5.06. The highest BCUT2D eigenvalue weighted by Crippen LogP contribution is 2.31. The number of likely N-dealkylation sites (tertiary alicyclic amines) is 1. The molecule has 2 nitrogen and oxygen atoms in total. The molecule has 0 aliphatic carbocycles. The van der Waals surface area contributed by atoms with Crippen molar-refractivity contribution in [2.45, 2.75) is 44.7 Å². The Morgan fingerprint density at radius 1 is 1.24 bits per heavy atom. The van der Waals surface area contributed by atoms with Crippen molar-refractivity contribution in [3.05, 3.63) is 35.4 Å². The first-order valence-corrected chi connectivity index (χ1v) is 8.08. The molecule has 1 aromatic carbocycles. The number of halogens is 2.